The lowest BCUT2D eigenvalue weighted by Crippen LogP contribution is -2.42. The predicted molar refractivity (Wildman–Crippen MR) is 210 cm³/mol. The van der Waals surface area contributed by atoms with Crippen LogP contribution < -0.4 is 0 Å². The molecule has 2 saturated carbocycles. The first-order valence-electron chi connectivity index (χ1n) is 16.9. The number of furan rings is 1. The van der Waals surface area contributed by atoms with Crippen LogP contribution in [0, 0.1) is 11.8 Å². The van der Waals surface area contributed by atoms with Gasteiger partial charge in [-0.3, -0.25) is 24.1 Å². The third kappa shape index (κ3) is 11.7. The zero-order valence-electron chi connectivity index (χ0n) is 28.5. The van der Waals surface area contributed by atoms with Gasteiger partial charge in [-0.2, -0.15) is 0 Å². The molecule has 14 heteroatoms. The lowest BCUT2D eigenvalue weighted by atomic mass is 9.85. The second-order valence-corrected chi connectivity index (χ2v) is 15.5. The maximum atomic E-state index is 12.9. The Labute approximate surface area is 318 Å². The van der Waals surface area contributed by atoms with Gasteiger partial charge >= 0.3 is 11.9 Å². The fourth-order valence-electron chi connectivity index (χ4n) is 6.27. The monoisotopic (exact) mass is 780 g/mol. The molecule has 2 heterocycles. The maximum absolute atomic E-state index is 12.9. The lowest BCUT2D eigenvalue weighted by Gasteiger charge is -2.33. The Morgan fingerprint density at radius 3 is 2.36 bits per heavy atom. The first-order chi connectivity index (χ1) is 24.0. The number of carboxylic acid groups (broad SMARTS) is 2. The average molecular weight is 781 g/mol. The average Bonchev–Trinajstić information content (AvgIpc) is 3.71. The summed E-state index contributed by atoms with van der Waals surface area (Å²) in [7, 11) is 1.75. The fraction of sp³-hybridized carbons (Fsp3) is 0.500. The summed E-state index contributed by atoms with van der Waals surface area (Å²) < 4.78 is 7.92. The van der Waals surface area contributed by atoms with Crippen LogP contribution in [-0.4, -0.2) is 77.7 Å². The molecule has 2 aromatic rings. The molecule has 2 amide bonds. The first-order valence-corrected chi connectivity index (χ1v) is 20.0. The Hall–Kier alpha value is -2.71. The number of thiocarbonyl (C=S) groups is 2. The second-order valence-electron chi connectivity index (χ2n) is 12.0. The summed E-state index contributed by atoms with van der Waals surface area (Å²) in [6.07, 6.45) is 8.97. The van der Waals surface area contributed by atoms with Gasteiger partial charge < -0.3 is 19.5 Å². The summed E-state index contributed by atoms with van der Waals surface area (Å²) in [5.74, 6) is -0.455. The lowest BCUT2D eigenvalue weighted by molar-refractivity contribution is -0.145. The van der Waals surface area contributed by atoms with Gasteiger partial charge in [0.15, 0.2) is 0 Å². The molecule has 9 nitrogen and oxygen atoms in total. The van der Waals surface area contributed by atoms with E-state index in [0.717, 1.165) is 49.2 Å². The van der Waals surface area contributed by atoms with Crippen molar-refractivity contribution < 1.29 is 33.8 Å². The highest BCUT2D eigenvalue weighted by Crippen LogP contribution is 2.38. The Kier molecular flexibility index (Phi) is 17.5. The van der Waals surface area contributed by atoms with Gasteiger partial charge in [0.2, 0.25) is 5.91 Å². The summed E-state index contributed by atoms with van der Waals surface area (Å²) in [6, 6.07) is 11.3. The molecule has 272 valence electrons. The molecule has 0 spiro atoms. The van der Waals surface area contributed by atoms with E-state index < -0.39 is 17.9 Å². The number of hydrogen-bond donors (Lipinski definition) is 2. The Balaban J connectivity index is 0.000000302. The zero-order chi connectivity index (χ0) is 36.8. The highest BCUT2D eigenvalue weighted by molar-refractivity contribution is 8.26. The van der Waals surface area contributed by atoms with E-state index in [1.54, 1.807) is 16.8 Å². The van der Waals surface area contributed by atoms with Crippen LogP contribution in [0.2, 0.25) is 5.02 Å². The maximum Gasteiger partial charge on any atom is 0.306 e. The van der Waals surface area contributed by atoms with Gasteiger partial charge in [-0.05, 0) is 69.2 Å². The third-order valence-electron chi connectivity index (χ3n) is 8.92. The van der Waals surface area contributed by atoms with Crippen molar-refractivity contribution in [2.45, 2.75) is 90.1 Å². The number of carbonyl (C=O) groups is 4. The van der Waals surface area contributed by atoms with Crippen molar-refractivity contribution in [3.8, 4) is 11.3 Å². The number of thioether (sulfide) groups is 2. The number of rotatable bonds is 11. The number of carbonyl (C=O) groups excluding carboxylic acids is 2. The molecule has 5 rings (SSSR count). The van der Waals surface area contributed by atoms with Crippen molar-refractivity contribution in [2.24, 2.45) is 11.8 Å². The topological polar surface area (TPSA) is 128 Å². The van der Waals surface area contributed by atoms with Crippen LogP contribution in [0.25, 0.3) is 11.3 Å². The first kappa shape index (κ1) is 41.7. The normalized spacial score (nSPS) is 22.6. The Morgan fingerprint density at radius 2 is 1.70 bits per heavy atom. The number of amides is 2. The van der Waals surface area contributed by atoms with Gasteiger partial charge in [0, 0.05) is 35.8 Å². The summed E-state index contributed by atoms with van der Waals surface area (Å²) in [5, 5.41) is 19.0. The van der Waals surface area contributed by atoms with Crippen LogP contribution in [0.1, 0.15) is 77.4 Å². The van der Waals surface area contributed by atoms with Crippen molar-refractivity contribution in [3.05, 3.63) is 58.2 Å². The van der Waals surface area contributed by atoms with Gasteiger partial charge in [-0.1, -0.05) is 92.7 Å². The minimum atomic E-state index is -0.791. The van der Waals surface area contributed by atoms with Gasteiger partial charge in [0.25, 0.3) is 5.91 Å². The van der Waals surface area contributed by atoms with Crippen LogP contribution in [0.3, 0.4) is 0 Å². The van der Waals surface area contributed by atoms with E-state index in [0.29, 0.717) is 52.1 Å². The van der Waals surface area contributed by atoms with E-state index in [2.05, 4.69) is 12.2 Å². The Morgan fingerprint density at radius 1 is 1.04 bits per heavy atom. The van der Waals surface area contributed by atoms with E-state index in [-0.39, 0.29) is 29.8 Å². The van der Waals surface area contributed by atoms with Gasteiger partial charge in [-0.25, -0.2) is 0 Å². The van der Waals surface area contributed by atoms with Gasteiger partial charge in [0.1, 0.15) is 15.8 Å². The minimum Gasteiger partial charge on any atom is -0.481 e. The minimum absolute atomic E-state index is 0.0205. The number of carboxylic acids is 2. The molecule has 4 unspecified atom stereocenters. The molecule has 2 N–H and O–H groups in total. The number of allylic oxidation sites excluding steroid dienone is 1. The zero-order valence-corrected chi connectivity index (χ0v) is 32.6. The quantitative estimate of drug-likeness (QED) is 0.168. The predicted octanol–water partition coefficient (Wildman–Crippen LogP) is 8.73. The van der Waals surface area contributed by atoms with E-state index in [1.165, 1.54) is 28.2 Å². The molecular formula is C36H45ClN2O7S4. The third-order valence-corrected chi connectivity index (χ3v) is 11.6. The molecule has 0 bridgehead atoms. The van der Waals surface area contributed by atoms with E-state index in [1.807, 2.05) is 56.3 Å². The van der Waals surface area contributed by atoms with Crippen LogP contribution in [0.4, 0.5) is 0 Å². The van der Waals surface area contributed by atoms with Crippen molar-refractivity contribution in [3.63, 3.8) is 0 Å². The molecule has 3 aliphatic rings. The van der Waals surface area contributed by atoms with Gasteiger partial charge in [0.05, 0.1) is 27.5 Å². The largest absolute Gasteiger partial charge is 0.481 e. The number of halogens is 1. The summed E-state index contributed by atoms with van der Waals surface area (Å²) >= 11 is 18.9. The van der Waals surface area contributed by atoms with Crippen LogP contribution >= 0.6 is 59.6 Å². The molecule has 4 atom stereocenters. The molecular weight excluding hydrogens is 736 g/mol. The molecule has 1 aliphatic heterocycles. The molecule has 50 heavy (non-hydrogen) atoms. The van der Waals surface area contributed by atoms with Crippen LogP contribution in [0.15, 0.2) is 51.8 Å². The smallest absolute Gasteiger partial charge is 0.306 e. The molecule has 1 saturated heterocycles. The van der Waals surface area contributed by atoms with Gasteiger partial charge in [-0.15, -0.1) is 11.8 Å². The molecule has 0 radical (unpaired) electrons. The van der Waals surface area contributed by atoms with E-state index >= 15 is 0 Å². The number of nitrogens with zero attached hydrogens (tertiary/aromatic N) is 2. The molecule has 1 aromatic carbocycles. The van der Waals surface area contributed by atoms with Crippen LogP contribution in [-0.2, 0) is 25.6 Å². The number of hydrogen-bond acceptors (Lipinski definition) is 9. The summed E-state index contributed by atoms with van der Waals surface area (Å²) in [5.41, 5.74) is 0.850. The standard InChI is InChI=1S/C23H22ClNO4S2.C11H17NO3S2.C2H6/c24-18-9-2-1-8-17(18)19-12-11-16(29-19)7-4-10-20-21(26)25(23(30)31-20)15-6-3-5-14(13-15)22(27)28;1-12(10(13)6-17-7-16)9-4-2-3-8(5-9)11(14)15;1-2/h1-2,8-12,14-15H,3-7,13H2,(H,27,28);7-9H,2-6H2,1H3,(H,14,15);1-2H3/b20-10+;;. The van der Waals surface area contributed by atoms with E-state index in [9.17, 15) is 24.3 Å². The van der Waals surface area contributed by atoms with E-state index in [4.69, 9.17) is 33.3 Å². The number of aryl methyl sites for hydroxylation is 1. The highest BCUT2D eigenvalue weighted by atomic mass is 35.5. The SMILES string of the molecule is CC.CN(C(=O)CSC=S)C1CCCC(C(=O)O)C1.O=C(O)C1CCCC(N2C(=O)/C(=C\CCc3ccc(-c4ccccc4Cl)o3)SC2=S)C1. The number of benzene rings is 1. The highest BCUT2D eigenvalue weighted by Gasteiger charge is 2.40. The van der Waals surface area contributed by atoms with Crippen LogP contribution in [0.5, 0.6) is 0 Å². The van der Waals surface area contributed by atoms with Crippen molar-refractivity contribution in [1.29, 1.82) is 0 Å². The molecule has 3 fully saturated rings. The van der Waals surface area contributed by atoms with Crippen molar-refractivity contribution in [2.75, 3.05) is 12.8 Å². The molecule has 2 aliphatic carbocycles. The summed E-state index contributed by atoms with van der Waals surface area (Å²) in [4.78, 5) is 50.9. The molecule has 1 aromatic heterocycles. The van der Waals surface area contributed by atoms with Crippen molar-refractivity contribution in [1.82, 2.24) is 9.80 Å². The fourth-order valence-corrected chi connectivity index (χ4v) is 8.52. The number of aliphatic carboxylic acids is 2. The second kappa shape index (κ2) is 21.0. The van der Waals surface area contributed by atoms with Crippen molar-refractivity contribution >= 4 is 92.3 Å². The Bertz CT molecular complexity index is 1550. The summed E-state index contributed by atoms with van der Waals surface area (Å²) in [6.45, 7) is 4.00.